The molecule has 4 nitrogen and oxygen atoms in total. The molecule has 0 heterocycles. The average molecular weight is 725 g/mol. The number of nitrogens with zero attached hydrogens (tertiary/aromatic N) is 1. The Balaban J connectivity index is 1.13. The molecule has 0 saturated heterocycles. The Kier molecular flexibility index (Phi) is 13.6. The molecule has 0 aromatic rings. The Bertz CT molecular complexity index is 1210. The number of carbonyl (C=O) groups is 1. The fourth-order valence-corrected chi connectivity index (χ4v) is 14.8. The molecule has 0 radical (unpaired) electrons. The maximum absolute atomic E-state index is 13.6. The molecule has 5 saturated carbocycles. The normalized spacial score (nSPS) is 39.6. The van der Waals surface area contributed by atoms with Crippen LogP contribution in [0.4, 0.5) is 0 Å². The third kappa shape index (κ3) is 8.02. The molecular weight excluding hydrogens is 639 g/mol. The summed E-state index contributed by atoms with van der Waals surface area (Å²) in [5, 5.41) is 10.9. The van der Waals surface area contributed by atoms with Crippen LogP contribution < -0.4 is 0 Å². The number of carbonyl (C=O) groups excluding carboxylic acids is 1. The number of aliphatic hydroxyl groups is 1. The number of quaternary nitrogens is 1. The highest BCUT2D eigenvalue weighted by atomic mass is 16.5. The third-order valence-electron chi connectivity index (χ3n) is 17.9. The zero-order valence-electron chi connectivity index (χ0n) is 36.1. The van der Waals surface area contributed by atoms with Crippen molar-refractivity contribution in [3.8, 4) is 0 Å². The molecule has 0 aromatic heterocycles. The van der Waals surface area contributed by atoms with Crippen LogP contribution in [0.25, 0.3) is 0 Å². The number of likely N-dealkylation sites (N-methyl/N-ethyl adjacent to an activating group) is 1. The third-order valence-corrected chi connectivity index (χ3v) is 17.9. The van der Waals surface area contributed by atoms with Gasteiger partial charge in [0.25, 0.3) is 0 Å². The Hall–Kier alpha value is -0.870. The van der Waals surface area contributed by atoms with Crippen molar-refractivity contribution in [2.24, 2.45) is 56.7 Å². The summed E-state index contributed by atoms with van der Waals surface area (Å²) in [5.41, 5.74) is 2.32. The molecular formula is C48H86NO3+. The van der Waals surface area contributed by atoms with Crippen LogP contribution in [0.2, 0.25) is 0 Å². The molecule has 4 unspecified atom stereocenters. The number of hydrogen-bond donors (Lipinski definition) is 1. The van der Waals surface area contributed by atoms with Gasteiger partial charge in [-0.05, 0) is 135 Å². The zero-order valence-corrected chi connectivity index (χ0v) is 36.1. The van der Waals surface area contributed by atoms with Crippen molar-refractivity contribution in [1.29, 1.82) is 0 Å². The summed E-state index contributed by atoms with van der Waals surface area (Å²) in [6.45, 7) is 23.9. The monoisotopic (exact) mass is 725 g/mol. The van der Waals surface area contributed by atoms with Crippen LogP contribution in [0, 0.1) is 56.7 Å². The molecule has 0 aromatic carbocycles. The quantitative estimate of drug-likeness (QED) is 0.0662. The molecule has 1 N–H and O–H groups in total. The van der Waals surface area contributed by atoms with Crippen molar-refractivity contribution in [3.63, 3.8) is 0 Å². The van der Waals surface area contributed by atoms with Crippen molar-refractivity contribution in [1.82, 2.24) is 0 Å². The van der Waals surface area contributed by atoms with Gasteiger partial charge in [-0.25, -0.2) is 4.79 Å². The van der Waals surface area contributed by atoms with E-state index in [0.717, 1.165) is 17.4 Å². The lowest BCUT2D eigenvalue weighted by Crippen LogP contribution is -2.67. The van der Waals surface area contributed by atoms with Gasteiger partial charge in [-0.15, -0.1) is 0 Å². The van der Waals surface area contributed by atoms with Crippen molar-refractivity contribution in [2.45, 2.75) is 196 Å². The summed E-state index contributed by atoms with van der Waals surface area (Å²) in [6.07, 6.45) is 28.6. The number of hydrogen-bond acceptors (Lipinski definition) is 3. The highest BCUT2D eigenvalue weighted by Crippen LogP contribution is 2.77. The molecule has 5 aliphatic rings. The van der Waals surface area contributed by atoms with Gasteiger partial charge in [0, 0.05) is 12.0 Å². The first-order valence-electron chi connectivity index (χ1n) is 22.8. The summed E-state index contributed by atoms with van der Waals surface area (Å²) in [6, 6.07) is 0. The van der Waals surface area contributed by atoms with E-state index in [2.05, 4.69) is 69.1 Å². The van der Waals surface area contributed by atoms with Crippen LogP contribution in [0.1, 0.15) is 190 Å². The molecule has 0 aliphatic heterocycles. The Morgan fingerprint density at radius 1 is 0.731 bits per heavy atom. The number of fused-ring (bicyclic) bond motifs is 7. The van der Waals surface area contributed by atoms with Crippen LogP contribution in [0.3, 0.4) is 0 Å². The number of rotatable bonds is 18. The maximum atomic E-state index is 13.6. The minimum Gasteiger partial charge on any atom is -0.458 e. The van der Waals surface area contributed by atoms with E-state index in [4.69, 9.17) is 4.74 Å². The van der Waals surface area contributed by atoms with Gasteiger partial charge in [0.1, 0.15) is 6.10 Å². The van der Waals surface area contributed by atoms with Crippen LogP contribution in [0.15, 0.2) is 12.2 Å². The molecule has 300 valence electrons. The molecule has 5 rings (SSSR count). The van der Waals surface area contributed by atoms with Crippen LogP contribution in [0.5, 0.6) is 0 Å². The topological polar surface area (TPSA) is 46.5 Å². The minimum absolute atomic E-state index is 0.00988. The first-order chi connectivity index (χ1) is 24.5. The first-order valence-corrected chi connectivity index (χ1v) is 22.8. The van der Waals surface area contributed by atoms with E-state index in [9.17, 15) is 9.90 Å². The lowest BCUT2D eigenvalue weighted by atomic mass is 9.32. The van der Waals surface area contributed by atoms with E-state index < -0.39 is 0 Å². The fraction of sp³-hybridized carbons (Fsp3) is 0.938. The highest BCUT2D eigenvalue weighted by Gasteiger charge is 2.71. The molecule has 5 aliphatic carbocycles. The SMILES string of the molecule is C=C(C)[C@@H]1CC[C@]2(CO)CC[C@]3(C)C(CCC4[C@@]5(C)CC[C@H](OC(=O)C[N+](C)(C)CCCCCCCCCCCCCC)C(C)(C)C5CC[C@]43C)C12. The van der Waals surface area contributed by atoms with Crippen molar-refractivity contribution < 1.29 is 19.1 Å². The van der Waals surface area contributed by atoms with E-state index in [1.54, 1.807) is 0 Å². The lowest BCUT2D eigenvalue weighted by Gasteiger charge is -2.73. The Morgan fingerprint density at radius 3 is 1.94 bits per heavy atom. The number of allylic oxidation sites excluding steroid dienone is 1. The standard InChI is InChI=1S/C48H86NO3/c1-11-12-13-14-15-16-17-18-19-20-21-22-33-49(9,10)34-42(51)52-41-27-28-45(6)39(44(41,4)5)26-29-47(8)40(45)24-23-38-43-37(36(2)3)25-30-48(43,35-50)32-31-46(38,47)7/h37-41,43,50H,2,11-35H2,1,3-10H3/q+1/t37-,38?,39?,40?,41-,43?,45-,46+,47+,48+/m0/s1. The van der Waals surface area contributed by atoms with Gasteiger partial charge in [-0.3, -0.25) is 0 Å². The number of esters is 1. The zero-order chi connectivity index (χ0) is 38.0. The minimum atomic E-state index is -0.0243. The van der Waals surface area contributed by atoms with Gasteiger partial charge in [0.2, 0.25) is 0 Å². The summed E-state index contributed by atoms with van der Waals surface area (Å²) in [5.74, 6) is 3.13. The molecule has 0 spiro atoms. The predicted molar refractivity (Wildman–Crippen MR) is 219 cm³/mol. The molecule has 0 amide bonds. The summed E-state index contributed by atoms with van der Waals surface area (Å²) >= 11 is 0. The Morgan fingerprint density at radius 2 is 1.35 bits per heavy atom. The van der Waals surface area contributed by atoms with E-state index in [-0.39, 0.29) is 28.3 Å². The molecule has 5 fully saturated rings. The summed E-state index contributed by atoms with van der Waals surface area (Å²) in [7, 11) is 4.45. The van der Waals surface area contributed by atoms with Crippen LogP contribution >= 0.6 is 0 Å². The molecule has 52 heavy (non-hydrogen) atoms. The fourth-order valence-electron chi connectivity index (χ4n) is 14.8. The largest absolute Gasteiger partial charge is 0.458 e. The molecule has 4 heteroatoms. The Labute approximate surface area is 322 Å². The van der Waals surface area contributed by atoms with Crippen molar-refractivity contribution in [2.75, 3.05) is 33.8 Å². The lowest BCUT2D eigenvalue weighted by molar-refractivity contribution is -0.883. The van der Waals surface area contributed by atoms with E-state index >= 15 is 0 Å². The van der Waals surface area contributed by atoms with Gasteiger partial charge in [-0.2, -0.15) is 0 Å². The second kappa shape index (κ2) is 16.7. The second-order valence-corrected chi connectivity index (χ2v) is 21.8. The van der Waals surface area contributed by atoms with Crippen molar-refractivity contribution >= 4 is 5.97 Å². The first kappa shape index (κ1) is 42.3. The number of aliphatic hydroxyl groups excluding tert-OH is 1. The van der Waals surface area contributed by atoms with Gasteiger partial charge in [0.05, 0.1) is 20.6 Å². The van der Waals surface area contributed by atoms with E-state index in [1.807, 2.05) is 0 Å². The van der Waals surface area contributed by atoms with Crippen molar-refractivity contribution in [3.05, 3.63) is 12.2 Å². The van der Waals surface area contributed by atoms with Crippen LogP contribution in [-0.4, -0.2) is 55.5 Å². The molecule has 0 bridgehead atoms. The summed E-state index contributed by atoms with van der Waals surface area (Å²) < 4.78 is 7.27. The highest BCUT2D eigenvalue weighted by molar-refractivity contribution is 5.70. The number of unbranched alkanes of at least 4 members (excludes halogenated alkanes) is 11. The maximum Gasteiger partial charge on any atom is 0.362 e. The average Bonchev–Trinajstić information content (AvgIpc) is 3.47. The van der Waals surface area contributed by atoms with E-state index in [0.29, 0.717) is 53.6 Å². The van der Waals surface area contributed by atoms with Gasteiger partial charge < -0.3 is 14.3 Å². The van der Waals surface area contributed by atoms with Gasteiger partial charge >= 0.3 is 5.97 Å². The molecule has 10 atom stereocenters. The smallest absolute Gasteiger partial charge is 0.362 e. The van der Waals surface area contributed by atoms with Gasteiger partial charge in [-0.1, -0.05) is 118 Å². The van der Waals surface area contributed by atoms with Gasteiger partial charge in [0.15, 0.2) is 6.54 Å². The summed E-state index contributed by atoms with van der Waals surface area (Å²) in [4.78, 5) is 13.6. The number of ether oxygens (including phenoxy) is 1. The second-order valence-electron chi connectivity index (χ2n) is 21.8. The predicted octanol–water partition coefficient (Wildman–Crippen LogP) is 12.3. The van der Waals surface area contributed by atoms with Crippen LogP contribution in [-0.2, 0) is 9.53 Å². The van der Waals surface area contributed by atoms with E-state index in [1.165, 1.54) is 140 Å².